The van der Waals surface area contributed by atoms with E-state index in [2.05, 4.69) is 191 Å². The quantitative estimate of drug-likeness (QED) is 0.180. The molecule has 54 heavy (non-hydrogen) atoms. The highest BCUT2D eigenvalue weighted by molar-refractivity contribution is 6.29. The maximum atomic E-state index is 5.24. The van der Waals surface area contributed by atoms with E-state index in [4.69, 9.17) is 9.97 Å². The molecule has 0 N–H and O–H groups in total. The number of hydrogen-bond donors (Lipinski definition) is 0. The predicted octanol–water partition coefficient (Wildman–Crippen LogP) is 12.8. The standard InChI is InChI=1S/C50H32N4/c1-4-16-33(17-5-1)41-32-42(34-18-6-2-7-19-34)52-50(51-41)36-30-35-20-10-11-23-38(35)47(31-36)54-44-27-15-13-25-40(44)49-46(54)29-28-45-48(49)39-24-12-14-26-43(39)53(45)37-21-8-3-9-22-37/h1-32H. The molecule has 0 unspecified atom stereocenters. The Kier molecular flexibility index (Phi) is 6.82. The number of para-hydroxylation sites is 3. The zero-order valence-electron chi connectivity index (χ0n) is 29.3. The molecule has 8 aromatic carbocycles. The van der Waals surface area contributed by atoms with Gasteiger partial charge in [0.1, 0.15) is 0 Å². The smallest absolute Gasteiger partial charge is 0.160 e. The second-order valence-electron chi connectivity index (χ2n) is 13.8. The second-order valence-corrected chi connectivity index (χ2v) is 13.8. The van der Waals surface area contributed by atoms with Crippen LogP contribution in [0.25, 0.3) is 99.7 Å². The Morgan fingerprint density at radius 2 is 0.815 bits per heavy atom. The molecule has 0 aliphatic carbocycles. The number of benzene rings is 8. The van der Waals surface area contributed by atoms with Gasteiger partial charge < -0.3 is 9.13 Å². The Morgan fingerprint density at radius 1 is 0.333 bits per heavy atom. The van der Waals surface area contributed by atoms with Crippen molar-refractivity contribution in [3.8, 4) is 45.3 Å². The molecule has 4 nitrogen and oxygen atoms in total. The predicted molar refractivity (Wildman–Crippen MR) is 225 cm³/mol. The van der Waals surface area contributed by atoms with Crippen molar-refractivity contribution >= 4 is 54.4 Å². The van der Waals surface area contributed by atoms with Crippen LogP contribution in [-0.2, 0) is 0 Å². The summed E-state index contributed by atoms with van der Waals surface area (Å²) >= 11 is 0. The number of aromatic nitrogens is 4. The third kappa shape index (κ3) is 4.70. The Morgan fingerprint density at radius 3 is 1.43 bits per heavy atom. The van der Waals surface area contributed by atoms with E-state index in [1.54, 1.807) is 0 Å². The summed E-state index contributed by atoms with van der Waals surface area (Å²) in [5, 5.41) is 7.26. The monoisotopic (exact) mass is 688 g/mol. The molecular weight excluding hydrogens is 657 g/mol. The van der Waals surface area contributed by atoms with Gasteiger partial charge in [-0.3, -0.25) is 0 Å². The van der Waals surface area contributed by atoms with E-state index in [9.17, 15) is 0 Å². The number of hydrogen-bond acceptors (Lipinski definition) is 2. The first-order valence-electron chi connectivity index (χ1n) is 18.3. The molecule has 11 rings (SSSR count). The van der Waals surface area contributed by atoms with Crippen LogP contribution in [0.4, 0.5) is 0 Å². The van der Waals surface area contributed by atoms with Crippen LogP contribution < -0.4 is 0 Å². The van der Waals surface area contributed by atoms with Crippen LogP contribution in [0, 0.1) is 0 Å². The van der Waals surface area contributed by atoms with Crippen molar-refractivity contribution in [2.45, 2.75) is 0 Å². The van der Waals surface area contributed by atoms with E-state index in [0.29, 0.717) is 5.82 Å². The van der Waals surface area contributed by atoms with E-state index < -0.39 is 0 Å². The van der Waals surface area contributed by atoms with Crippen molar-refractivity contribution in [2.24, 2.45) is 0 Å². The molecular formula is C50H32N4. The normalized spacial score (nSPS) is 11.7. The van der Waals surface area contributed by atoms with E-state index in [1.807, 2.05) is 12.1 Å². The first-order chi connectivity index (χ1) is 26.8. The van der Waals surface area contributed by atoms with Gasteiger partial charge in [0.15, 0.2) is 5.82 Å². The van der Waals surface area contributed by atoms with Gasteiger partial charge in [-0.2, -0.15) is 0 Å². The molecule has 252 valence electrons. The van der Waals surface area contributed by atoms with E-state index in [1.165, 1.54) is 38.0 Å². The lowest BCUT2D eigenvalue weighted by Crippen LogP contribution is -1.99. The van der Waals surface area contributed by atoms with Gasteiger partial charge in [-0.05, 0) is 60.0 Å². The van der Waals surface area contributed by atoms with Crippen molar-refractivity contribution in [3.63, 3.8) is 0 Å². The van der Waals surface area contributed by atoms with Gasteiger partial charge in [0, 0.05) is 49.3 Å². The van der Waals surface area contributed by atoms with Crippen LogP contribution >= 0.6 is 0 Å². The fraction of sp³-hybridized carbons (Fsp3) is 0. The molecule has 0 aliphatic rings. The largest absolute Gasteiger partial charge is 0.309 e. The summed E-state index contributed by atoms with van der Waals surface area (Å²) in [7, 11) is 0. The van der Waals surface area contributed by atoms with Crippen molar-refractivity contribution < 1.29 is 0 Å². The Hall–Kier alpha value is -7.30. The van der Waals surface area contributed by atoms with Gasteiger partial charge in [0.25, 0.3) is 0 Å². The van der Waals surface area contributed by atoms with Gasteiger partial charge in [-0.25, -0.2) is 9.97 Å². The summed E-state index contributed by atoms with van der Waals surface area (Å²) in [6, 6.07) is 68.9. The van der Waals surface area contributed by atoms with Crippen molar-refractivity contribution in [3.05, 3.63) is 194 Å². The lowest BCUT2D eigenvalue weighted by Gasteiger charge is -2.15. The van der Waals surface area contributed by atoms with Crippen LogP contribution in [-0.4, -0.2) is 19.1 Å². The molecule has 0 bridgehead atoms. The molecule has 11 aromatic rings. The third-order valence-corrected chi connectivity index (χ3v) is 10.7. The summed E-state index contributed by atoms with van der Waals surface area (Å²) in [6.07, 6.45) is 0. The molecule has 4 heteroatoms. The molecule has 0 saturated carbocycles. The minimum atomic E-state index is 0.691. The van der Waals surface area contributed by atoms with Crippen LogP contribution in [0.1, 0.15) is 0 Å². The zero-order chi connectivity index (χ0) is 35.6. The average Bonchev–Trinajstić information content (AvgIpc) is 3.77. The summed E-state index contributed by atoms with van der Waals surface area (Å²) in [4.78, 5) is 10.5. The molecule has 0 atom stereocenters. The highest BCUT2D eigenvalue weighted by Crippen LogP contribution is 2.43. The lowest BCUT2D eigenvalue weighted by molar-refractivity contribution is 1.17. The molecule has 0 fully saturated rings. The second kappa shape index (κ2) is 12.1. The van der Waals surface area contributed by atoms with E-state index in [-0.39, 0.29) is 0 Å². The Labute approximate surface area is 311 Å². The number of rotatable bonds is 5. The SMILES string of the molecule is c1ccc(-c2cc(-c3ccccc3)nc(-c3cc(-n4c5ccccc5c5c6c7ccccc7n(-c7ccccc7)c6ccc54)c4ccccc4c3)n2)cc1. The molecule has 3 heterocycles. The van der Waals surface area contributed by atoms with Crippen LogP contribution in [0.3, 0.4) is 0 Å². The maximum absolute atomic E-state index is 5.24. The van der Waals surface area contributed by atoms with Crippen molar-refractivity contribution in [1.82, 2.24) is 19.1 Å². The lowest BCUT2D eigenvalue weighted by atomic mass is 10.0. The summed E-state index contributed by atoms with van der Waals surface area (Å²) in [5.41, 5.74) is 11.8. The highest BCUT2D eigenvalue weighted by Gasteiger charge is 2.22. The van der Waals surface area contributed by atoms with Crippen LogP contribution in [0.5, 0.6) is 0 Å². The minimum Gasteiger partial charge on any atom is -0.309 e. The first kappa shape index (κ1) is 30.3. The Balaban J connectivity index is 1.22. The summed E-state index contributed by atoms with van der Waals surface area (Å²) in [6.45, 7) is 0. The minimum absolute atomic E-state index is 0.691. The van der Waals surface area contributed by atoms with E-state index in [0.717, 1.165) is 55.9 Å². The highest BCUT2D eigenvalue weighted by atomic mass is 15.0. The Bertz CT molecular complexity index is 3140. The van der Waals surface area contributed by atoms with Crippen LogP contribution in [0.15, 0.2) is 194 Å². The molecule has 3 aromatic heterocycles. The fourth-order valence-corrected chi connectivity index (χ4v) is 8.33. The molecule has 0 amide bonds. The zero-order valence-corrected chi connectivity index (χ0v) is 29.3. The molecule has 0 aliphatic heterocycles. The van der Waals surface area contributed by atoms with Gasteiger partial charge in [0.05, 0.1) is 39.1 Å². The number of nitrogens with zero attached hydrogens (tertiary/aromatic N) is 4. The summed E-state index contributed by atoms with van der Waals surface area (Å²) in [5.74, 6) is 0.691. The van der Waals surface area contributed by atoms with Gasteiger partial charge in [-0.1, -0.05) is 140 Å². The van der Waals surface area contributed by atoms with Gasteiger partial charge >= 0.3 is 0 Å². The maximum Gasteiger partial charge on any atom is 0.160 e. The van der Waals surface area contributed by atoms with Crippen molar-refractivity contribution in [2.75, 3.05) is 0 Å². The molecule has 0 spiro atoms. The van der Waals surface area contributed by atoms with Crippen molar-refractivity contribution in [1.29, 1.82) is 0 Å². The van der Waals surface area contributed by atoms with Gasteiger partial charge in [0.2, 0.25) is 0 Å². The third-order valence-electron chi connectivity index (χ3n) is 10.7. The summed E-state index contributed by atoms with van der Waals surface area (Å²) < 4.78 is 4.84. The molecule has 0 radical (unpaired) electrons. The fourth-order valence-electron chi connectivity index (χ4n) is 8.33. The van der Waals surface area contributed by atoms with E-state index >= 15 is 0 Å². The topological polar surface area (TPSA) is 35.6 Å². The molecule has 0 saturated heterocycles. The average molecular weight is 689 g/mol. The van der Waals surface area contributed by atoms with Crippen LogP contribution in [0.2, 0.25) is 0 Å². The first-order valence-corrected chi connectivity index (χ1v) is 18.3. The number of fused-ring (bicyclic) bond motifs is 8. The van der Waals surface area contributed by atoms with Gasteiger partial charge in [-0.15, -0.1) is 0 Å².